The Hall–Kier alpha value is -2.68. The maximum Gasteiger partial charge on any atom is 0.245 e. The lowest BCUT2D eigenvalue weighted by atomic mass is 10.1. The van der Waals surface area contributed by atoms with E-state index in [0.717, 1.165) is 10.2 Å². The molecule has 1 aromatic heterocycles. The van der Waals surface area contributed by atoms with Gasteiger partial charge in [0.15, 0.2) is 5.82 Å². The first kappa shape index (κ1) is 19.1. The van der Waals surface area contributed by atoms with Gasteiger partial charge in [-0.3, -0.25) is 14.4 Å². The summed E-state index contributed by atoms with van der Waals surface area (Å²) in [5.74, 6) is -0.957. The van der Waals surface area contributed by atoms with Crippen LogP contribution >= 0.6 is 15.9 Å². The average Bonchev–Trinajstić information content (AvgIpc) is 3.19. The van der Waals surface area contributed by atoms with Crippen LogP contribution in [0.3, 0.4) is 0 Å². The highest BCUT2D eigenvalue weighted by molar-refractivity contribution is 9.10. The van der Waals surface area contributed by atoms with Gasteiger partial charge in [-0.2, -0.15) is 0 Å². The molecule has 0 unspecified atom stereocenters. The van der Waals surface area contributed by atoms with Crippen molar-refractivity contribution in [3.05, 3.63) is 40.6 Å². The molecule has 3 amide bonds. The number of benzene rings is 1. The van der Waals surface area contributed by atoms with Crippen molar-refractivity contribution in [1.82, 2.24) is 10.1 Å². The van der Waals surface area contributed by atoms with Crippen LogP contribution in [0, 0.1) is 12.8 Å². The van der Waals surface area contributed by atoms with Gasteiger partial charge in [-0.15, -0.1) is 0 Å². The molecule has 27 heavy (non-hydrogen) atoms. The van der Waals surface area contributed by atoms with Gasteiger partial charge in [0.2, 0.25) is 17.7 Å². The van der Waals surface area contributed by atoms with Gasteiger partial charge in [0.1, 0.15) is 11.7 Å². The maximum atomic E-state index is 12.7. The van der Waals surface area contributed by atoms with E-state index in [0.29, 0.717) is 18.7 Å². The third kappa shape index (κ3) is 4.36. The number of carbonyl (C=O) groups excluding carboxylic acids is 3. The number of aromatic nitrogens is 1. The summed E-state index contributed by atoms with van der Waals surface area (Å²) in [6.45, 7) is 2.00. The predicted molar refractivity (Wildman–Crippen MR) is 102 cm³/mol. The normalized spacial score (nSPS) is 16.5. The van der Waals surface area contributed by atoms with Crippen molar-refractivity contribution in [1.29, 1.82) is 0 Å². The fourth-order valence-electron chi connectivity index (χ4n) is 2.98. The molecule has 0 aliphatic carbocycles. The van der Waals surface area contributed by atoms with Crippen LogP contribution in [0.4, 0.5) is 11.5 Å². The molecule has 1 fully saturated rings. The number of likely N-dealkylation sites (N-methyl/N-ethyl adjacent to an activating group) is 1. The first-order chi connectivity index (χ1) is 12.8. The monoisotopic (exact) mass is 434 g/mol. The smallest absolute Gasteiger partial charge is 0.245 e. The predicted octanol–water partition coefficient (Wildman–Crippen LogP) is 2.20. The lowest BCUT2D eigenvalue weighted by molar-refractivity contribution is -0.140. The Morgan fingerprint density at radius 3 is 2.85 bits per heavy atom. The third-order valence-corrected chi connectivity index (χ3v) is 4.77. The van der Waals surface area contributed by atoms with E-state index in [1.165, 1.54) is 11.9 Å². The van der Waals surface area contributed by atoms with E-state index in [1.807, 2.05) is 24.3 Å². The molecule has 1 atom stereocenters. The van der Waals surface area contributed by atoms with Crippen molar-refractivity contribution in [2.24, 2.45) is 5.92 Å². The summed E-state index contributed by atoms with van der Waals surface area (Å²) in [6.07, 6.45) is 0.415. The minimum atomic E-state index is -0.781. The number of amides is 3. The Morgan fingerprint density at radius 2 is 2.19 bits per heavy atom. The first-order valence-electron chi connectivity index (χ1n) is 8.40. The van der Waals surface area contributed by atoms with Gasteiger partial charge < -0.3 is 19.6 Å². The SMILES string of the molecule is Cc1cc(NC(=O)CN(C)C(=O)[C@H]2CCN(c3cccc(Br)c3)C2=O)no1. The zero-order chi connectivity index (χ0) is 19.6. The van der Waals surface area contributed by atoms with Crippen LogP contribution < -0.4 is 10.2 Å². The van der Waals surface area contributed by atoms with Gasteiger partial charge in [-0.1, -0.05) is 27.2 Å². The minimum Gasteiger partial charge on any atom is -0.360 e. The Morgan fingerprint density at radius 1 is 1.41 bits per heavy atom. The number of hydrogen-bond donors (Lipinski definition) is 1. The Bertz CT molecular complexity index is 882. The summed E-state index contributed by atoms with van der Waals surface area (Å²) in [5, 5.41) is 6.23. The fraction of sp³-hybridized carbons (Fsp3) is 0.333. The molecule has 1 aliphatic rings. The molecule has 2 heterocycles. The topological polar surface area (TPSA) is 95.8 Å². The highest BCUT2D eigenvalue weighted by atomic mass is 79.9. The maximum absolute atomic E-state index is 12.7. The number of hydrogen-bond acceptors (Lipinski definition) is 5. The van der Waals surface area contributed by atoms with Gasteiger partial charge in [0.05, 0.1) is 6.54 Å². The van der Waals surface area contributed by atoms with E-state index < -0.39 is 11.8 Å². The highest BCUT2D eigenvalue weighted by Crippen LogP contribution is 2.28. The number of anilines is 2. The summed E-state index contributed by atoms with van der Waals surface area (Å²) >= 11 is 3.38. The molecule has 8 nitrogen and oxygen atoms in total. The Balaban J connectivity index is 1.60. The van der Waals surface area contributed by atoms with Crippen molar-refractivity contribution < 1.29 is 18.9 Å². The summed E-state index contributed by atoms with van der Waals surface area (Å²) in [4.78, 5) is 40.3. The largest absolute Gasteiger partial charge is 0.360 e. The summed E-state index contributed by atoms with van der Waals surface area (Å²) < 4.78 is 5.74. The van der Waals surface area contributed by atoms with Crippen LogP contribution in [-0.4, -0.2) is 47.9 Å². The lowest BCUT2D eigenvalue weighted by Gasteiger charge is -2.21. The van der Waals surface area contributed by atoms with Crippen molar-refractivity contribution in [2.75, 3.05) is 30.4 Å². The molecular formula is C18H19BrN4O4. The van der Waals surface area contributed by atoms with Gasteiger partial charge in [-0.25, -0.2) is 0 Å². The van der Waals surface area contributed by atoms with Crippen LogP contribution in [0.5, 0.6) is 0 Å². The highest BCUT2D eigenvalue weighted by Gasteiger charge is 2.39. The number of halogens is 1. The number of rotatable bonds is 5. The number of carbonyl (C=O) groups is 3. The molecule has 1 aliphatic heterocycles. The van der Waals surface area contributed by atoms with Crippen molar-refractivity contribution in [3.8, 4) is 0 Å². The van der Waals surface area contributed by atoms with E-state index in [-0.39, 0.29) is 24.2 Å². The fourth-order valence-corrected chi connectivity index (χ4v) is 3.36. The lowest BCUT2D eigenvalue weighted by Crippen LogP contribution is -2.41. The number of aryl methyl sites for hydroxylation is 1. The molecule has 3 rings (SSSR count). The molecule has 9 heteroatoms. The van der Waals surface area contributed by atoms with Crippen LogP contribution in [0.25, 0.3) is 0 Å². The quantitative estimate of drug-likeness (QED) is 0.727. The van der Waals surface area contributed by atoms with Crippen molar-refractivity contribution >= 4 is 45.2 Å². The second-order valence-electron chi connectivity index (χ2n) is 6.38. The molecule has 142 valence electrons. The van der Waals surface area contributed by atoms with Crippen LogP contribution in [0.15, 0.2) is 39.3 Å². The second kappa shape index (κ2) is 7.91. The van der Waals surface area contributed by atoms with E-state index in [9.17, 15) is 14.4 Å². The van der Waals surface area contributed by atoms with Crippen LogP contribution in [0.2, 0.25) is 0 Å². The van der Waals surface area contributed by atoms with E-state index in [1.54, 1.807) is 17.9 Å². The Labute approximate surface area is 164 Å². The number of nitrogens with one attached hydrogen (secondary N) is 1. The molecular weight excluding hydrogens is 416 g/mol. The molecule has 0 bridgehead atoms. The van der Waals surface area contributed by atoms with E-state index in [2.05, 4.69) is 26.4 Å². The molecule has 1 aromatic carbocycles. The van der Waals surface area contributed by atoms with Crippen LogP contribution in [0.1, 0.15) is 12.2 Å². The summed E-state index contributed by atoms with van der Waals surface area (Å²) in [6, 6.07) is 8.95. The first-order valence-corrected chi connectivity index (χ1v) is 9.19. The van der Waals surface area contributed by atoms with Gasteiger partial charge in [0, 0.05) is 29.8 Å². The van der Waals surface area contributed by atoms with E-state index >= 15 is 0 Å². The number of nitrogens with zero attached hydrogens (tertiary/aromatic N) is 3. The molecule has 1 N–H and O–H groups in total. The van der Waals surface area contributed by atoms with Crippen molar-refractivity contribution in [2.45, 2.75) is 13.3 Å². The zero-order valence-corrected chi connectivity index (χ0v) is 16.5. The third-order valence-electron chi connectivity index (χ3n) is 4.28. The minimum absolute atomic E-state index is 0.175. The molecule has 1 saturated heterocycles. The van der Waals surface area contributed by atoms with Crippen LogP contribution in [-0.2, 0) is 14.4 Å². The van der Waals surface area contributed by atoms with Gasteiger partial charge in [-0.05, 0) is 31.5 Å². The van der Waals surface area contributed by atoms with Crippen molar-refractivity contribution in [3.63, 3.8) is 0 Å². The zero-order valence-electron chi connectivity index (χ0n) is 14.9. The molecule has 0 saturated carbocycles. The summed E-state index contributed by atoms with van der Waals surface area (Å²) in [7, 11) is 1.50. The van der Waals surface area contributed by atoms with Gasteiger partial charge >= 0.3 is 0 Å². The van der Waals surface area contributed by atoms with E-state index in [4.69, 9.17) is 4.52 Å². The average molecular weight is 435 g/mol. The molecule has 0 spiro atoms. The standard InChI is InChI=1S/C18H19BrN4O4/c1-11-8-15(21-27-11)20-16(24)10-22(2)17(25)14-6-7-23(18(14)26)13-5-3-4-12(19)9-13/h3-5,8-9,14H,6-7,10H2,1-2H3,(H,20,21,24)/t14-/m1/s1. The van der Waals surface area contributed by atoms with Gasteiger partial charge in [0.25, 0.3) is 0 Å². The molecule has 2 aromatic rings. The Kier molecular flexibility index (Phi) is 5.59. The second-order valence-corrected chi connectivity index (χ2v) is 7.29. The molecule has 0 radical (unpaired) electrons. The summed E-state index contributed by atoms with van der Waals surface area (Å²) in [5.41, 5.74) is 0.742.